The van der Waals surface area contributed by atoms with E-state index in [1.807, 2.05) is 0 Å². The van der Waals surface area contributed by atoms with Gasteiger partial charge in [-0.05, 0) is 36.8 Å². The molecule has 0 atom stereocenters. The second-order valence-corrected chi connectivity index (χ2v) is 5.12. The number of hydrogen-bond acceptors (Lipinski definition) is 5. The van der Waals surface area contributed by atoms with Gasteiger partial charge in [0.1, 0.15) is 23.1 Å². The zero-order chi connectivity index (χ0) is 18.4. The molecule has 132 valence electrons. The van der Waals surface area contributed by atoms with Gasteiger partial charge in [0, 0.05) is 17.2 Å². The van der Waals surface area contributed by atoms with Gasteiger partial charge in [0.2, 0.25) is 0 Å². The minimum atomic E-state index is -0.502. The van der Waals surface area contributed by atoms with Gasteiger partial charge in [-0.25, -0.2) is 9.82 Å². The zero-order valence-corrected chi connectivity index (χ0v) is 14.2. The SMILES string of the molecule is CC/C(=N\NC(=O)c1cc(OC)cc(OC)c1)c1cc(F)ccc1O. The molecule has 0 radical (unpaired) electrons. The average Bonchev–Trinajstić information content (AvgIpc) is 2.64. The van der Waals surface area contributed by atoms with Crippen LogP contribution in [0.2, 0.25) is 0 Å². The van der Waals surface area contributed by atoms with Crippen LogP contribution in [0.25, 0.3) is 0 Å². The number of ether oxygens (including phenoxy) is 2. The van der Waals surface area contributed by atoms with Gasteiger partial charge in [-0.3, -0.25) is 4.79 Å². The van der Waals surface area contributed by atoms with Gasteiger partial charge in [-0.15, -0.1) is 0 Å². The maximum atomic E-state index is 13.4. The number of halogens is 1. The molecule has 0 aliphatic heterocycles. The number of carbonyl (C=O) groups is 1. The minimum absolute atomic E-state index is 0.112. The molecule has 2 aromatic carbocycles. The fraction of sp³-hybridized carbons (Fsp3) is 0.222. The lowest BCUT2D eigenvalue weighted by Crippen LogP contribution is -2.20. The predicted molar refractivity (Wildman–Crippen MR) is 91.9 cm³/mol. The normalized spacial score (nSPS) is 11.1. The molecule has 0 aliphatic rings. The molecule has 6 nitrogen and oxygen atoms in total. The van der Waals surface area contributed by atoms with Crippen molar-refractivity contribution in [2.45, 2.75) is 13.3 Å². The molecule has 2 N–H and O–H groups in total. The van der Waals surface area contributed by atoms with E-state index < -0.39 is 11.7 Å². The van der Waals surface area contributed by atoms with E-state index in [4.69, 9.17) is 9.47 Å². The number of phenolic OH excluding ortho intramolecular Hbond substituents is 1. The Labute approximate surface area is 144 Å². The van der Waals surface area contributed by atoms with Crippen LogP contribution in [0.1, 0.15) is 29.3 Å². The topological polar surface area (TPSA) is 80.2 Å². The first-order valence-corrected chi connectivity index (χ1v) is 7.57. The summed E-state index contributed by atoms with van der Waals surface area (Å²) in [4.78, 5) is 12.3. The minimum Gasteiger partial charge on any atom is -0.507 e. The largest absolute Gasteiger partial charge is 0.507 e. The van der Waals surface area contributed by atoms with Crippen LogP contribution in [0.15, 0.2) is 41.5 Å². The van der Waals surface area contributed by atoms with Crippen LogP contribution in [0.3, 0.4) is 0 Å². The number of nitrogens with one attached hydrogen (secondary N) is 1. The van der Waals surface area contributed by atoms with Crippen molar-refractivity contribution in [3.8, 4) is 17.2 Å². The molecule has 0 saturated carbocycles. The molecule has 0 aliphatic carbocycles. The van der Waals surface area contributed by atoms with E-state index in [0.29, 0.717) is 29.2 Å². The quantitative estimate of drug-likeness (QED) is 0.622. The van der Waals surface area contributed by atoms with Crippen molar-refractivity contribution in [2.24, 2.45) is 5.10 Å². The third-order valence-corrected chi connectivity index (χ3v) is 3.51. The molecule has 1 amide bonds. The number of phenols is 1. The third kappa shape index (κ3) is 4.47. The van der Waals surface area contributed by atoms with Gasteiger partial charge in [-0.1, -0.05) is 6.92 Å². The summed E-state index contributed by atoms with van der Waals surface area (Å²) in [7, 11) is 2.97. The van der Waals surface area contributed by atoms with Crippen LogP contribution in [-0.2, 0) is 0 Å². The highest BCUT2D eigenvalue weighted by Gasteiger charge is 2.12. The molecule has 0 bridgehead atoms. The first kappa shape index (κ1) is 18.3. The highest BCUT2D eigenvalue weighted by molar-refractivity contribution is 6.04. The third-order valence-electron chi connectivity index (χ3n) is 3.51. The highest BCUT2D eigenvalue weighted by Crippen LogP contribution is 2.23. The molecule has 0 saturated heterocycles. The average molecular weight is 346 g/mol. The molecule has 0 aromatic heterocycles. The molecule has 0 heterocycles. The predicted octanol–water partition coefficient (Wildman–Crippen LogP) is 3.09. The van der Waals surface area contributed by atoms with Crippen LogP contribution in [0, 0.1) is 5.82 Å². The number of carbonyl (C=O) groups excluding carboxylic acids is 1. The van der Waals surface area contributed by atoms with Crippen molar-refractivity contribution in [2.75, 3.05) is 14.2 Å². The number of aromatic hydroxyl groups is 1. The standard InChI is InChI=1S/C18H19FN2O4/c1-4-16(15-9-12(19)5-6-17(15)22)20-21-18(23)11-7-13(24-2)10-14(8-11)25-3/h5-10,22H,4H2,1-3H3,(H,21,23)/b20-16+. The maximum absolute atomic E-state index is 13.4. The molecule has 0 spiro atoms. The number of hydrazone groups is 1. The van der Waals surface area contributed by atoms with E-state index in [9.17, 15) is 14.3 Å². The summed E-state index contributed by atoms with van der Waals surface area (Å²) >= 11 is 0. The molecule has 0 fully saturated rings. The van der Waals surface area contributed by atoms with Gasteiger partial charge in [-0.2, -0.15) is 5.10 Å². The number of methoxy groups -OCH3 is 2. The van der Waals surface area contributed by atoms with Crippen LogP contribution < -0.4 is 14.9 Å². The molecular weight excluding hydrogens is 327 g/mol. The zero-order valence-electron chi connectivity index (χ0n) is 14.2. The summed E-state index contributed by atoms with van der Waals surface area (Å²) < 4.78 is 23.6. The van der Waals surface area contributed by atoms with E-state index in [1.54, 1.807) is 25.1 Å². The van der Waals surface area contributed by atoms with Crippen LogP contribution >= 0.6 is 0 Å². The Morgan fingerprint density at radius 1 is 1.16 bits per heavy atom. The fourth-order valence-electron chi connectivity index (χ4n) is 2.19. The van der Waals surface area contributed by atoms with Gasteiger partial charge in [0.15, 0.2) is 0 Å². The summed E-state index contributed by atoms with van der Waals surface area (Å²) in [5.41, 5.74) is 3.27. The summed E-state index contributed by atoms with van der Waals surface area (Å²) in [5.74, 6) is -0.171. The molecule has 25 heavy (non-hydrogen) atoms. The summed E-state index contributed by atoms with van der Waals surface area (Å²) in [6.07, 6.45) is 0.388. The number of amides is 1. The first-order valence-electron chi connectivity index (χ1n) is 7.57. The van der Waals surface area contributed by atoms with E-state index >= 15 is 0 Å². The van der Waals surface area contributed by atoms with E-state index in [0.717, 1.165) is 6.07 Å². The number of hydrogen-bond donors (Lipinski definition) is 2. The second-order valence-electron chi connectivity index (χ2n) is 5.12. The summed E-state index contributed by atoms with van der Waals surface area (Å²) in [6, 6.07) is 8.27. The molecule has 0 unspecified atom stereocenters. The molecular formula is C18H19FN2O4. The van der Waals surface area contributed by atoms with Gasteiger partial charge < -0.3 is 14.6 Å². The Balaban J connectivity index is 2.27. The van der Waals surface area contributed by atoms with Gasteiger partial charge >= 0.3 is 0 Å². The Bertz CT molecular complexity index is 783. The first-order chi connectivity index (χ1) is 12.0. The molecule has 7 heteroatoms. The lowest BCUT2D eigenvalue weighted by Gasteiger charge is -2.09. The van der Waals surface area contributed by atoms with Crippen molar-refractivity contribution in [1.82, 2.24) is 5.43 Å². The Kier molecular flexibility index (Phi) is 5.94. The Morgan fingerprint density at radius 2 is 1.80 bits per heavy atom. The van der Waals surface area contributed by atoms with Gasteiger partial charge in [0.05, 0.1) is 19.9 Å². The molecule has 2 rings (SSSR count). The molecule has 2 aromatic rings. The fourth-order valence-corrected chi connectivity index (χ4v) is 2.19. The van der Waals surface area contributed by atoms with Crippen LogP contribution in [0.5, 0.6) is 17.2 Å². The van der Waals surface area contributed by atoms with Crippen LogP contribution in [0.4, 0.5) is 4.39 Å². The van der Waals surface area contributed by atoms with Crippen molar-refractivity contribution in [3.05, 3.63) is 53.3 Å². The van der Waals surface area contributed by atoms with Crippen molar-refractivity contribution < 1.29 is 23.8 Å². The van der Waals surface area contributed by atoms with Crippen LogP contribution in [-0.4, -0.2) is 30.9 Å². The highest BCUT2D eigenvalue weighted by atomic mass is 19.1. The Morgan fingerprint density at radius 3 is 2.36 bits per heavy atom. The van der Waals surface area contributed by atoms with E-state index in [2.05, 4.69) is 10.5 Å². The van der Waals surface area contributed by atoms with Crippen molar-refractivity contribution in [3.63, 3.8) is 0 Å². The van der Waals surface area contributed by atoms with E-state index in [-0.39, 0.29) is 11.3 Å². The second kappa shape index (κ2) is 8.14. The van der Waals surface area contributed by atoms with E-state index in [1.165, 1.54) is 26.4 Å². The number of nitrogens with zero attached hydrogens (tertiary/aromatic N) is 1. The smallest absolute Gasteiger partial charge is 0.271 e. The summed E-state index contributed by atoms with van der Waals surface area (Å²) in [5, 5.41) is 13.9. The summed E-state index contributed by atoms with van der Waals surface area (Å²) in [6.45, 7) is 1.78. The number of rotatable bonds is 6. The number of benzene rings is 2. The lowest BCUT2D eigenvalue weighted by molar-refractivity contribution is 0.0954. The lowest BCUT2D eigenvalue weighted by atomic mass is 10.1. The van der Waals surface area contributed by atoms with Crippen molar-refractivity contribution >= 4 is 11.6 Å². The Hall–Kier alpha value is -3.09. The monoisotopic (exact) mass is 346 g/mol. The maximum Gasteiger partial charge on any atom is 0.271 e. The van der Waals surface area contributed by atoms with Gasteiger partial charge in [0.25, 0.3) is 5.91 Å². The van der Waals surface area contributed by atoms with Crippen molar-refractivity contribution in [1.29, 1.82) is 0 Å².